The third kappa shape index (κ3) is 4.83. The lowest BCUT2D eigenvalue weighted by atomic mass is 10.0. The molecule has 118 valence electrons. The molecular weight excluding hydrogens is 274 g/mol. The average molecular weight is 299 g/mol. The van der Waals surface area contributed by atoms with Crippen molar-refractivity contribution < 1.29 is 5.11 Å². The van der Waals surface area contributed by atoms with E-state index in [0.29, 0.717) is 12.1 Å². The maximum atomic E-state index is 10.3. The van der Waals surface area contributed by atoms with Crippen molar-refractivity contribution in [3.05, 3.63) is 59.9 Å². The molecule has 0 spiro atoms. The third-order valence-electron chi connectivity index (χ3n) is 3.99. The van der Waals surface area contributed by atoms with E-state index in [4.69, 9.17) is 5.73 Å². The Balaban J connectivity index is 1.82. The predicted octanol–water partition coefficient (Wildman–Crippen LogP) is 2.65. The Morgan fingerprint density at radius 1 is 1.14 bits per heavy atom. The standard InChI is InChI=1S/C18H25N3O/c1-2-21(13-9-15-7-11-20-12-8-15)14-10-18(22)16-5-3-4-6-17(16)19/h3-8,11-12,18,22H,2,9-10,13-14,19H2,1H3. The number of rotatable bonds is 8. The van der Waals surface area contributed by atoms with Gasteiger partial charge in [0.1, 0.15) is 0 Å². The van der Waals surface area contributed by atoms with Gasteiger partial charge in [0.2, 0.25) is 0 Å². The van der Waals surface area contributed by atoms with Crippen LogP contribution in [0.3, 0.4) is 0 Å². The lowest BCUT2D eigenvalue weighted by Crippen LogP contribution is -2.28. The summed E-state index contributed by atoms with van der Waals surface area (Å²) in [5, 5.41) is 10.3. The van der Waals surface area contributed by atoms with Crippen LogP contribution in [0.1, 0.15) is 30.6 Å². The maximum absolute atomic E-state index is 10.3. The molecule has 0 aliphatic rings. The molecule has 4 nitrogen and oxygen atoms in total. The largest absolute Gasteiger partial charge is 0.398 e. The van der Waals surface area contributed by atoms with Gasteiger partial charge in [0, 0.05) is 36.7 Å². The van der Waals surface area contributed by atoms with Gasteiger partial charge in [-0.2, -0.15) is 0 Å². The molecule has 3 N–H and O–H groups in total. The number of pyridine rings is 1. The zero-order chi connectivity index (χ0) is 15.8. The summed E-state index contributed by atoms with van der Waals surface area (Å²) in [5.74, 6) is 0. The van der Waals surface area contributed by atoms with Gasteiger partial charge >= 0.3 is 0 Å². The Hall–Kier alpha value is -1.91. The van der Waals surface area contributed by atoms with Crippen molar-refractivity contribution in [3.63, 3.8) is 0 Å². The SMILES string of the molecule is CCN(CCc1ccncc1)CCC(O)c1ccccc1N. The van der Waals surface area contributed by atoms with Crippen LogP contribution in [-0.4, -0.2) is 34.6 Å². The summed E-state index contributed by atoms with van der Waals surface area (Å²) in [6, 6.07) is 11.6. The van der Waals surface area contributed by atoms with Crippen LogP contribution >= 0.6 is 0 Å². The number of aliphatic hydroxyl groups is 1. The Morgan fingerprint density at radius 3 is 2.55 bits per heavy atom. The third-order valence-corrected chi connectivity index (χ3v) is 3.99. The van der Waals surface area contributed by atoms with Gasteiger partial charge in [0.25, 0.3) is 0 Å². The van der Waals surface area contributed by atoms with Gasteiger partial charge in [-0.15, -0.1) is 0 Å². The summed E-state index contributed by atoms with van der Waals surface area (Å²) in [5.41, 5.74) is 8.70. The van der Waals surface area contributed by atoms with E-state index in [2.05, 4.69) is 16.8 Å². The second-order valence-corrected chi connectivity index (χ2v) is 5.47. The number of nitrogens with two attached hydrogens (primary N) is 1. The van der Waals surface area contributed by atoms with E-state index in [1.807, 2.05) is 48.8 Å². The lowest BCUT2D eigenvalue weighted by molar-refractivity contribution is 0.144. The monoisotopic (exact) mass is 299 g/mol. The normalized spacial score (nSPS) is 12.5. The number of para-hydroxylation sites is 1. The molecule has 2 aromatic rings. The zero-order valence-electron chi connectivity index (χ0n) is 13.2. The molecule has 0 fully saturated rings. The van der Waals surface area contributed by atoms with Crippen molar-refractivity contribution >= 4 is 5.69 Å². The zero-order valence-corrected chi connectivity index (χ0v) is 13.2. The molecule has 0 amide bonds. The molecular formula is C18H25N3O. The predicted molar refractivity (Wildman–Crippen MR) is 90.5 cm³/mol. The fourth-order valence-electron chi connectivity index (χ4n) is 2.54. The average Bonchev–Trinajstić information content (AvgIpc) is 2.56. The van der Waals surface area contributed by atoms with Crippen LogP contribution in [0.5, 0.6) is 0 Å². The van der Waals surface area contributed by atoms with E-state index in [1.165, 1.54) is 5.56 Å². The fourth-order valence-corrected chi connectivity index (χ4v) is 2.54. The molecule has 0 bridgehead atoms. The molecule has 1 unspecified atom stereocenters. The molecule has 2 rings (SSSR count). The molecule has 0 saturated carbocycles. The summed E-state index contributed by atoms with van der Waals surface area (Å²) in [6.07, 6.45) is 4.84. The Bertz CT molecular complexity index is 559. The molecule has 1 atom stereocenters. The van der Waals surface area contributed by atoms with Crippen LogP contribution in [0, 0.1) is 0 Å². The van der Waals surface area contributed by atoms with E-state index in [0.717, 1.165) is 31.6 Å². The first kappa shape index (κ1) is 16.5. The smallest absolute Gasteiger partial charge is 0.0822 e. The summed E-state index contributed by atoms with van der Waals surface area (Å²) in [4.78, 5) is 6.39. The molecule has 0 radical (unpaired) electrons. The first-order valence-electron chi connectivity index (χ1n) is 7.84. The molecule has 4 heteroatoms. The summed E-state index contributed by atoms with van der Waals surface area (Å²) < 4.78 is 0. The number of likely N-dealkylation sites (N-methyl/N-ethyl adjacent to an activating group) is 1. The number of nitrogen functional groups attached to an aromatic ring is 1. The van der Waals surface area contributed by atoms with Gasteiger partial charge in [0.05, 0.1) is 6.10 Å². The maximum Gasteiger partial charge on any atom is 0.0822 e. The van der Waals surface area contributed by atoms with E-state index in [1.54, 1.807) is 0 Å². The Kier molecular flexibility index (Phi) is 6.37. The highest BCUT2D eigenvalue weighted by atomic mass is 16.3. The van der Waals surface area contributed by atoms with Gasteiger partial charge in [-0.05, 0) is 43.1 Å². The highest BCUT2D eigenvalue weighted by Crippen LogP contribution is 2.22. The van der Waals surface area contributed by atoms with Crippen LogP contribution in [0.25, 0.3) is 0 Å². The number of nitrogens with zero attached hydrogens (tertiary/aromatic N) is 2. The van der Waals surface area contributed by atoms with Crippen molar-refractivity contribution in [2.75, 3.05) is 25.4 Å². The van der Waals surface area contributed by atoms with E-state index in [9.17, 15) is 5.11 Å². The highest BCUT2D eigenvalue weighted by Gasteiger charge is 2.12. The summed E-state index contributed by atoms with van der Waals surface area (Å²) >= 11 is 0. The topological polar surface area (TPSA) is 62.4 Å². The first-order chi connectivity index (χ1) is 10.7. The highest BCUT2D eigenvalue weighted by molar-refractivity contribution is 5.47. The Labute approximate surface area is 132 Å². The minimum Gasteiger partial charge on any atom is -0.398 e. The van der Waals surface area contributed by atoms with Gasteiger partial charge in [-0.1, -0.05) is 25.1 Å². The molecule has 1 aromatic carbocycles. The fraction of sp³-hybridized carbons (Fsp3) is 0.389. The molecule has 22 heavy (non-hydrogen) atoms. The van der Waals surface area contributed by atoms with Crippen LogP contribution < -0.4 is 5.73 Å². The molecule has 0 saturated heterocycles. The van der Waals surface area contributed by atoms with Crippen LogP contribution in [0.2, 0.25) is 0 Å². The van der Waals surface area contributed by atoms with E-state index in [-0.39, 0.29) is 0 Å². The van der Waals surface area contributed by atoms with Gasteiger partial charge in [-0.25, -0.2) is 0 Å². The van der Waals surface area contributed by atoms with E-state index >= 15 is 0 Å². The molecule has 1 aromatic heterocycles. The van der Waals surface area contributed by atoms with Gasteiger partial charge in [0.15, 0.2) is 0 Å². The van der Waals surface area contributed by atoms with Crippen LogP contribution in [0.15, 0.2) is 48.8 Å². The number of hydrogen-bond acceptors (Lipinski definition) is 4. The van der Waals surface area contributed by atoms with Crippen molar-refractivity contribution in [1.29, 1.82) is 0 Å². The van der Waals surface area contributed by atoms with Crippen molar-refractivity contribution in [1.82, 2.24) is 9.88 Å². The summed E-state index contributed by atoms with van der Waals surface area (Å²) in [7, 11) is 0. The number of hydrogen-bond donors (Lipinski definition) is 2. The quantitative estimate of drug-likeness (QED) is 0.736. The lowest BCUT2D eigenvalue weighted by Gasteiger charge is -2.22. The first-order valence-corrected chi connectivity index (χ1v) is 7.84. The van der Waals surface area contributed by atoms with Crippen molar-refractivity contribution in [3.8, 4) is 0 Å². The van der Waals surface area contributed by atoms with Gasteiger partial charge < -0.3 is 15.7 Å². The minimum absolute atomic E-state index is 0.504. The Morgan fingerprint density at radius 2 is 1.86 bits per heavy atom. The second-order valence-electron chi connectivity index (χ2n) is 5.47. The number of benzene rings is 1. The number of aliphatic hydroxyl groups excluding tert-OH is 1. The van der Waals surface area contributed by atoms with Gasteiger partial charge in [-0.3, -0.25) is 4.98 Å². The van der Waals surface area contributed by atoms with E-state index < -0.39 is 6.10 Å². The molecule has 0 aliphatic carbocycles. The summed E-state index contributed by atoms with van der Waals surface area (Å²) in [6.45, 7) is 4.96. The van der Waals surface area contributed by atoms with Crippen molar-refractivity contribution in [2.24, 2.45) is 0 Å². The van der Waals surface area contributed by atoms with Crippen molar-refractivity contribution in [2.45, 2.75) is 25.9 Å². The number of aromatic nitrogens is 1. The van der Waals surface area contributed by atoms with Crippen LogP contribution in [0.4, 0.5) is 5.69 Å². The molecule has 0 aliphatic heterocycles. The second kappa shape index (κ2) is 8.51. The number of anilines is 1. The minimum atomic E-state index is -0.504. The molecule has 1 heterocycles. The van der Waals surface area contributed by atoms with Crippen LogP contribution in [-0.2, 0) is 6.42 Å².